The van der Waals surface area contributed by atoms with E-state index in [1.807, 2.05) is 29.2 Å². The largest absolute Gasteiger partial charge is 0.384 e. The van der Waals surface area contributed by atoms with Crippen LogP contribution in [0.4, 0.5) is 26.0 Å². The van der Waals surface area contributed by atoms with Crippen LogP contribution in [-0.4, -0.2) is 58.8 Å². The fraction of sp³-hybridized carbons (Fsp3) is 0.367. The van der Waals surface area contributed by atoms with E-state index in [-0.39, 0.29) is 23.4 Å². The number of likely N-dealkylation sites (tertiary alicyclic amines) is 2. The Morgan fingerprint density at radius 2 is 1.68 bits per heavy atom. The second-order valence-electron chi connectivity index (χ2n) is 10.7. The first kappa shape index (κ1) is 28.9. The zero-order valence-corrected chi connectivity index (χ0v) is 24.2. The van der Waals surface area contributed by atoms with Gasteiger partial charge in [-0.3, -0.25) is 14.5 Å². The maximum Gasteiger partial charge on any atom is 0.255 e. The molecule has 2 aromatic carbocycles. The van der Waals surface area contributed by atoms with Crippen LogP contribution >= 0.6 is 15.9 Å². The maximum absolute atomic E-state index is 13.6. The van der Waals surface area contributed by atoms with Crippen molar-refractivity contribution in [2.75, 3.05) is 42.5 Å². The minimum Gasteiger partial charge on any atom is -0.384 e. The van der Waals surface area contributed by atoms with Crippen molar-refractivity contribution in [3.05, 3.63) is 82.0 Å². The molecule has 4 N–H and O–H groups in total. The third-order valence-corrected chi connectivity index (χ3v) is 8.26. The van der Waals surface area contributed by atoms with Crippen molar-refractivity contribution >= 4 is 44.9 Å². The summed E-state index contributed by atoms with van der Waals surface area (Å²) in [4.78, 5) is 34.4. The number of nitrogens with two attached hydrogens (primary N) is 1. The molecule has 0 aliphatic carbocycles. The predicted molar refractivity (Wildman–Crippen MR) is 158 cm³/mol. The average molecular weight is 628 g/mol. The van der Waals surface area contributed by atoms with Crippen molar-refractivity contribution in [1.82, 2.24) is 14.8 Å². The van der Waals surface area contributed by atoms with Crippen LogP contribution in [0.3, 0.4) is 0 Å². The van der Waals surface area contributed by atoms with E-state index in [0.29, 0.717) is 24.6 Å². The number of amides is 2. The van der Waals surface area contributed by atoms with Crippen molar-refractivity contribution in [2.45, 2.75) is 38.3 Å². The molecule has 2 saturated heterocycles. The molecule has 0 bridgehead atoms. The summed E-state index contributed by atoms with van der Waals surface area (Å²) in [5.74, 6) is -1.82. The highest BCUT2D eigenvalue weighted by molar-refractivity contribution is 9.10. The number of benzene rings is 2. The van der Waals surface area contributed by atoms with Gasteiger partial charge in [0.05, 0.1) is 11.4 Å². The number of piperidine rings is 2. The standard InChI is InChI=1S/C30H33BrF2N6O2/c31-22-2-4-26(27(17-22)37-29(40)21-1-3-24(32)25(33)16-21)36-23-8-13-39(14-9-23)30(41)20-6-11-38(12-7-20)18-19-5-10-35-28(34)15-19/h1-5,10,15-17,20,23,36H,6-9,11-14,18H2,(H2,34,35)(H,37,40). The minimum absolute atomic E-state index is 0.0227. The summed E-state index contributed by atoms with van der Waals surface area (Å²) in [6, 6.07) is 12.5. The molecule has 5 rings (SSSR count). The van der Waals surface area contributed by atoms with Gasteiger partial charge >= 0.3 is 0 Å². The number of carbonyl (C=O) groups is 2. The molecule has 0 spiro atoms. The monoisotopic (exact) mass is 626 g/mol. The van der Waals surface area contributed by atoms with Gasteiger partial charge in [0.15, 0.2) is 11.6 Å². The van der Waals surface area contributed by atoms with Crippen molar-refractivity contribution in [1.29, 1.82) is 0 Å². The Hall–Kier alpha value is -3.57. The SMILES string of the molecule is Nc1cc(CN2CCC(C(=O)N3CCC(Nc4ccc(Br)cc4NC(=O)c4ccc(F)c(F)c4)CC3)CC2)ccn1. The summed E-state index contributed by atoms with van der Waals surface area (Å²) >= 11 is 3.43. The Balaban J connectivity index is 1.12. The van der Waals surface area contributed by atoms with E-state index in [0.717, 1.165) is 73.2 Å². The first-order chi connectivity index (χ1) is 19.7. The van der Waals surface area contributed by atoms with Gasteiger partial charge in [0, 0.05) is 47.8 Å². The topological polar surface area (TPSA) is 104 Å². The lowest BCUT2D eigenvalue weighted by molar-refractivity contribution is -0.138. The second-order valence-corrected chi connectivity index (χ2v) is 11.6. The highest BCUT2D eigenvalue weighted by Crippen LogP contribution is 2.30. The molecule has 0 radical (unpaired) electrons. The van der Waals surface area contributed by atoms with Gasteiger partial charge in [-0.2, -0.15) is 0 Å². The Labute approximate surface area is 246 Å². The molecule has 2 aliphatic heterocycles. The second kappa shape index (κ2) is 12.9. The molecule has 2 fully saturated rings. The number of nitrogens with zero attached hydrogens (tertiary/aromatic N) is 3. The number of rotatable bonds is 7. The Bertz CT molecular complexity index is 1410. The summed E-state index contributed by atoms with van der Waals surface area (Å²) in [5.41, 5.74) is 8.20. The Morgan fingerprint density at radius 1 is 0.927 bits per heavy atom. The lowest BCUT2D eigenvalue weighted by Gasteiger charge is -2.37. The highest BCUT2D eigenvalue weighted by Gasteiger charge is 2.31. The number of hydrogen-bond donors (Lipinski definition) is 3. The Morgan fingerprint density at radius 3 is 2.39 bits per heavy atom. The number of pyridine rings is 1. The summed E-state index contributed by atoms with van der Waals surface area (Å²) < 4.78 is 27.7. The van der Waals surface area contributed by atoms with Crippen LogP contribution < -0.4 is 16.4 Å². The number of nitrogens with one attached hydrogen (secondary N) is 2. The van der Waals surface area contributed by atoms with Crippen LogP contribution in [0.5, 0.6) is 0 Å². The summed E-state index contributed by atoms with van der Waals surface area (Å²) in [7, 11) is 0. The van der Waals surface area contributed by atoms with Crippen LogP contribution in [0.2, 0.25) is 0 Å². The highest BCUT2D eigenvalue weighted by atomic mass is 79.9. The van der Waals surface area contributed by atoms with Gasteiger partial charge in [-0.1, -0.05) is 15.9 Å². The Kier molecular flexibility index (Phi) is 9.14. The first-order valence-electron chi connectivity index (χ1n) is 13.8. The van der Waals surface area contributed by atoms with Crippen molar-refractivity contribution < 1.29 is 18.4 Å². The number of hydrogen-bond acceptors (Lipinski definition) is 6. The fourth-order valence-electron chi connectivity index (χ4n) is 5.49. The molecule has 3 heterocycles. The van der Waals surface area contributed by atoms with E-state index in [1.165, 1.54) is 6.07 Å². The number of carbonyl (C=O) groups excluding carboxylic acids is 2. The number of nitrogen functional groups attached to an aromatic ring is 1. The van der Waals surface area contributed by atoms with Crippen molar-refractivity contribution in [2.24, 2.45) is 5.92 Å². The zero-order valence-electron chi connectivity index (χ0n) is 22.6. The molecule has 3 aromatic rings. The van der Waals surface area contributed by atoms with Crippen LogP contribution in [-0.2, 0) is 11.3 Å². The zero-order chi connectivity index (χ0) is 28.9. The molecule has 1 aromatic heterocycles. The third-order valence-electron chi connectivity index (χ3n) is 7.77. The predicted octanol–water partition coefficient (Wildman–Crippen LogP) is 5.27. The fourth-order valence-corrected chi connectivity index (χ4v) is 5.85. The quantitative estimate of drug-likeness (QED) is 0.330. The lowest BCUT2D eigenvalue weighted by Crippen LogP contribution is -2.47. The molecule has 41 heavy (non-hydrogen) atoms. The minimum atomic E-state index is -1.08. The van der Waals surface area contributed by atoms with E-state index in [1.54, 1.807) is 12.3 Å². The molecule has 0 atom stereocenters. The smallest absolute Gasteiger partial charge is 0.255 e. The number of anilines is 3. The van der Waals surface area contributed by atoms with Crippen molar-refractivity contribution in [3.8, 4) is 0 Å². The normalized spacial score (nSPS) is 16.9. The molecule has 0 unspecified atom stereocenters. The number of halogens is 3. The molecule has 2 amide bonds. The molecule has 11 heteroatoms. The van der Waals surface area contributed by atoms with Gasteiger partial charge in [-0.15, -0.1) is 0 Å². The summed E-state index contributed by atoms with van der Waals surface area (Å²) in [6.45, 7) is 3.89. The van der Waals surface area contributed by atoms with E-state index in [4.69, 9.17) is 5.73 Å². The van der Waals surface area contributed by atoms with Crippen molar-refractivity contribution in [3.63, 3.8) is 0 Å². The molecule has 8 nitrogen and oxygen atoms in total. The van der Waals surface area contributed by atoms with Gasteiger partial charge in [0.2, 0.25) is 5.91 Å². The van der Waals surface area contributed by atoms with Gasteiger partial charge in [-0.25, -0.2) is 13.8 Å². The molecule has 0 saturated carbocycles. The van der Waals surface area contributed by atoms with E-state index in [2.05, 4.69) is 36.4 Å². The lowest BCUT2D eigenvalue weighted by atomic mass is 9.93. The molecular weight excluding hydrogens is 594 g/mol. The van der Waals surface area contributed by atoms with E-state index in [9.17, 15) is 18.4 Å². The number of aromatic nitrogens is 1. The summed E-state index contributed by atoms with van der Waals surface area (Å²) in [5, 5.41) is 6.30. The van der Waals surface area contributed by atoms with Gasteiger partial charge in [0.1, 0.15) is 5.82 Å². The van der Waals surface area contributed by atoms with Gasteiger partial charge in [-0.05, 0) is 92.9 Å². The molecular formula is C30H33BrF2N6O2. The van der Waals surface area contributed by atoms with E-state index >= 15 is 0 Å². The maximum atomic E-state index is 13.6. The van der Waals surface area contributed by atoms with Gasteiger partial charge < -0.3 is 21.3 Å². The van der Waals surface area contributed by atoms with Crippen LogP contribution in [0.15, 0.2) is 59.2 Å². The van der Waals surface area contributed by atoms with Crippen LogP contribution in [0, 0.1) is 17.6 Å². The third kappa shape index (κ3) is 7.39. The van der Waals surface area contributed by atoms with E-state index < -0.39 is 17.5 Å². The summed E-state index contributed by atoms with van der Waals surface area (Å²) in [6.07, 6.45) is 4.97. The average Bonchev–Trinajstić information content (AvgIpc) is 2.96. The first-order valence-corrected chi connectivity index (χ1v) is 14.6. The molecule has 216 valence electrons. The van der Waals surface area contributed by atoms with Crippen LogP contribution in [0.25, 0.3) is 0 Å². The molecule has 2 aliphatic rings. The van der Waals surface area contributed by atoms with Crippen LogP contribution in [0.1, 0.15) is 41.6 Å². The van der Waals surface area contributed by atoms with Gasteiger partial charge in [0.25, 0.3) is 5.91 Å².